The Morgan fingerprint density at radius 2 is 2.38 bits per heavy atom. The zero-order chi connectivity index (χ0) is 11.8. The second-order valence-corrected chi connectivity index (χ2v) is 3.84. The zero-order valence-electron chi connectivity index (χ0n) is 9.95. The Labute approximate surface area is 96.4 Å². The Hall–Kier alpha value is -1.29. The SMILES string of the molecule is CCNC(C)CC(=O)NCCc1ccco1. The third-order valence-electron chi connectivity index (χ3n) is 2.32. The molecule has 1 rings (SSSR count). The van der Waals surface area contributed by atoms with Gasteiger partial charge in [-0.05, 0) is 25.6 Å². The quantitative estimate of drug-likeness (QED) is 0.734. The van der Waals surface area contributed by atoms with Gasteiger partial charge < -0.3 is 15.1 Å². The highest BCUT2D eigenvalue weighted by Crippen LogP contribution is 1.99. The number of carbonyl (C=O) groups excluding carboxylic acids is 1. The first kappa shape index (κ1) is 12.8. The molecule has 2 N–H and O–H groups in total. The molecule has 16 heavy (non-hydrogen) atoms. The number of furan rings is 1. The molecule has 0 fully saturated rings. The van der Waals surface area contributed by atoms with Crippen molar-refractivity contribution in [2.45, 2.75) is 32.7 Å². The van der Waals surface area contributed by atoms with Crippen molar-refractivity contribution in [3.8, 4) is 0 Å². The molecule has 1 amide bonds. The van der Waals surface area contributed by atoms with E-state index in [1.165, 1.54) is 0 Å². The summed E-state index contributed by atoms with van der Waals surface area (Å²) in [6.07, 6.45) is 2.91. The highest BCUT2D eigenvalue weighted by molar-refractivity contribution is 5.76. The number of hydrogen-bond acceptors (Lipinski definition) is 3. The topological polar surface area (TPSA) is 54.3 Å². The highest BCUT2D eigenvalue weighted by atomic mass is 16.3. The molecular weight excluding hydrogens is 204 g/mol. The number of nitrogens with one attached hydrogen (secondary N) is 2. The van der Waals surface area contributed by atoms with E-state index >= 15 is 0 Å². The van der Waals surface area contributed by atoms with Gasteiger partial charge >= 0.3 is 0 Å². The van der Waals surface area contributed by atoms with Crippen LogP contribution in [-0.4, -0.2) is 25.0 Å². The molecule has 0 aliphatic carbocycles. The van der Waals surface area contributed by atoms with Gasteiger partial charge in [0.15, 0.2) is 0 Å². The third-order valence-corrected chi connectivity index (χ3v) is 2.32. The molecule has 1 unspecified atom stereocenters. The number of amides is 1. The third kappa shape index (κ3) is 4.98. The van der Waals surface area contributed by atoms with E-state index in [2.05, 4.69) is 10.6 Å². The van der Waals surface area contributed by atoms with Crippen LogP contribution in [0.3, 0.4) is 0 Å². The molecule has 0 spiro atoms. The van der Waals surface area contributed by atoms with Crippen LogP contribution in [0.5, 0.6) is 0 Å². The van der Waals surface area contributed by atoms with E-state index in [-0.39, 0.29) is 11.9 Å². The van der Waals surface area contributed by atoms with Crippen LogP contribution in [0.2, 0.25) is 0 Å². The minimum Gasteiger partial charge on any atom is -0.469 e. The van der Waals surface area contributed by atoms with Crippen LogP contribution in [-0.2, 0) is 11.2 Å². The Morgan fingerprint density at radius 1 is 1.56 bits per heavy atom. The fourth-order valence-electron chi connectivity index (χ4n) is 1.55. The van der Waals surface area contributed by atoms with E-state index < -0.39 is 0 Å². The summed E-state index contributed by atoms with van der Waals surface area (Å²) in [5, 5.41) is 6.07. The molecule has 4 heteroatoms. The van der Waals surface area contributed by atoms with Crippen LogP contribution in [0, 0.1) is 0 Å². The lowest BCUT2D eigenvalue weighted by Gasteiger charge is -2.11. The number of carbonyl (C=O) groups is 1. The van der Waals surface area contributed by atoms with E-state index in [0.29, 0.717) is 13.0 Å². The summed E-state index contributed by atoms with van der Waals surface area (Å²) >= 11 is 0. The van der Waals surface area contributed by atoms with Gasteiger partial charge in [0.1, 0.15) is 5.76 Å². The van der Waals surface area contributed by atoms with Crippen molar-refractivity contribution in [2.24, 2.45) is 0 Å². The van der Waals surface area contributed by atoms with Crippen LogP contribution in [0.4, 0.5) is 0 Å². The van der Waals surface area contributed by atoms with E-state index in [4.69, 9.17) is 4.42 Å². The molecule has 1 aromatic rings. The van der Waals surface area contributed by atoms with Gasteiger partial charge in [-0.2, -0.15) is 0 Å². The summed E-state index contributed by atoms with van der Waals surface area (Å²) in [6, 6.07) is 3.99. The summed E-state index contributed by atoms with van der Waals surface area (Å²) in [5.41, 5.74) is 0. The van der Waals surface area contributed by atoms with Crippen molar-refractivity contribution in [3.05, 3.63) is 24.2 Å². The maximum atomic E-state index is 11.5. The van der Waals surface area contributed by atoms with E-state index in [1.807, 2.05) is 26.0 Å². The number of rotatable bonds is 7. The van der Waals surface area contributed by atoms with Gasteiger partial charge in [-0.3, -0.25) is 4.79 Å². The van der Waals surface area contributed by atoms with Crippen molar-refractivity contribution in [1.82, 2.24) is 10.6 Å². The van der Waals surface area contributed by atoms with Crippen molar-refractivity contribution in [2.75, 3.05) is 13.1 Å². The van der Waals surface area contributed by atoms with E-state index in [9.17, 15) is 4.79 Å². The predicted octanol–water partition coefficient (Wildman–Crippen LogP) is 1.33. The summed E-state index contributed by atoms with van der Waals surface area (Å²) in [7, 11) is 0. The average molecular weight is 224 g/mol. The second kappa shape index (κ2) is 7.06. The summed E-state index contributed by atoms with van der Waals surface area (Å²) in [6.45, 7) is 5.56. The summed E-state index contributed by atoms with van der Waals surface area (Å²) < 4.78 is 5.17. The molecule has 90 valence electrons. The minimum atomic E-state index is 0.0833. The summed E-state index contributed by atoms with van der Waals surface area (Å²) in [5.74, 6) is 0.986. The molecule has 0 bridgehead atoms. The Balaban J connectivity index is 2.10. The maximum absolute atomic E-state index is 11.5. The highest BCUT2D eigenvalue weighted by Gasteiger charge is 2.07. The van der Waals surface area contributed by atoms with Crippen molar-refractivity contribution >= 4 is 5.91 Å². The Kier molecular flexibility index (Phi) is 5.64. The summed E-state index contributed by atoms with van der Waals surface area (Å²) in [4.78, 5) is 11.5. The molecule has 4 nitrogen and oxygen atoms in total. The molecule has 0 aliphatic heterocycles. The lowest BCUT2D eigenvalue weighted by atomic mass is 10.2. The monoisotopic (exact) mass is 224 g/mol. The largest absolute Gasteiger partial charge is 0.469 e. The van der Waals surface area contributed by atoms with Crippen molar-refractivity contribution in [1.29, 1.82) is 0 Å². The Bertz CT molecular complexity index is 296. The zero-order valence-corrected chi connectivity index (χ0v) is 9.95. The van der Waals surface area contributed by atoms with Gasteiger partial charge in [0.2, 0.25) is 5.91 Å². The maximum Gasteiger partial charge on any atom is 0.221 e. The fraction of sp³-hybridized carbons (Fsp3) is 0.583. The lowest BCUT2D eigenvalue weighted by Crippen LogP contribution is -2.34. The van der Waals surface area contributed by atoms with Crippen LogP contribution in [0.1, 0.15) is 26.0 Å². The molecule has 1 aromatic heterocycles. The first-order valence-corrected chi connectivity index (χ1v) is 5.74. The van der Waals surface area contributed by atoms with Gasteiger partial charge in [-0.25, -0.2) is 0 Å². The van der Waals surface area contributed by atoms with E-state index in [0.717, 1.165) is 18.7 Å². The number of hydrogen-bond donors (Lipinski definition) is 2. The van der Waals surface area contributed by atoms with Gasteiger partial charge in [-0.1, -0.05) is 6.92 Å². The molecule has 1 atom stereocenters. The molecule has 0 saturated heterocycles. The predicted molar refractivity (Wildman–Crippen MR) is 63.2 cm³/mol. The molecule has 1 heterocycles. The molecule has 0 saturated carbocycles. The Morgan fingerprint density at radius 3 is 3.00 bits per heavy atom. The van der Waals surface area contributed by atoms with E-state index in [1.54, 1.807) is 6.26 Å². The standard InChI is InChI=1S/C12H20N2O2/c1-3-13-10(2)9-12(15)14-7-6-11-5-4-8-16-11/h4-5,8,10,13H,3,6-7,9H2,1-2H3,(H,14,15). The van der Waals surface area contributed by atoms with Gasteiger partial charge in [0.25, 0.3) is 0 Å². The second-order valence-electron chi connectivity index (χ2n) is 3.84. The lowest BCUT2D eigenvalue weighted by molar-refractivity contribution is -0.121. The van der Waals surface area contributed by atoms with Crippen LogP contribution >= 0.6 is 0 Å². The van der Waals surface area contributed by atoms with Gasteiger partial charge in [0, 0.05) is 25.4 Å². The smallest absolute Gasteiger partial charge is 0.221 e. The van der Waals surface area contributed by atoms with Gasteiger partial charge in [-0.15, -0.1) is 0 Å². The van der Waals surface area contributed by atoms with Gasteiger partial charge in [0.05, 0.1) is 6.26 Å². The van der Waals surface area contributed by atoms with Crippen LogP contribution in [0.25, 0.3) is 0 Å². The normalized spacial score (nSPS) is 12.4. The molecular formula is C12H20N2O2. The minimum absolute atomic E-state index is 0.0833. The molecule has 0 radical (unpaired) electrons. The first-order chi connectivity index (χ1) is 7.72. The molecule has 0 aliphatic rings. The fourth-order valence-corrected chi connectivity index (χ4v) is 1.55. The first-order valence-electron chi connectivity index (χ1n) is 5.74. The van der Waals surface area contributed by atoms with Crippen LogP contribution in [0.15, 0.2) is 22.8 Å². The van der Waals surface area contributed by atoms with Crippen molar-refractivity contribution < 1.29 is 9.21 Å². The molecule has 0 aromatic carbocycles. The van der Waals surface area contributed by atoms with Crippen molar-refractivity contribution in [3.63, 3.8) is 0 Å². The average Bonchev–Trinajstić information content (AvgIpc) is 2.70. The van der Waals surface area contributed by atoms with Crippen LogP contribution < -0.4 is 10.6 Å².